The number of piperidine rings is 1. The smallest absolute Gasteiger partial charge is 0.171 e. The van der Waals surface area contributed by atoms with Gasteiger partial charge in [-0.25, -0.2) is 9.97 Å². The Morgan fingerprint density at radius 1 is 1.16 bits per heavy atom. The molecule has 3 heterocycles. The van der Waals surface area contributed by atoms with Crippen molar-refractivity contribution in [2.75, 3.05) is 18.0 Å². The van der Waals surface area contributed by atoms with Crippen molar-refractivity contribution in [2.24, 2.45) is 0 Å². The summed E-state index contributed by atoms with van der Waals surface area (Å²) in [5, 5.41) is 0. The van der Waals surface area contributed by atoms with Gasteiger partial charge in [-0.1, -0.05) is 0 Å². The molecule has 3 rings (SSSR count). The number of hydrogen-bond acceptors (Lipinski definition) is 5. The highest BCUT2D eigenvalue weighted by Gasteiger charge is 2.13. The standard InChI is InChI=1S/C14H15N3OS/c18-10-11-4-5-12(19-11)14-15-7-6-13(16-14)17-8-2-1-3-9-17/h4-7,10H,1-3,8-9H2. The van der Waals surface area contributed by atoms with E-state index >= 15 is 0 Å². The molecule has 0 atom stereocenters. The van der Waals surface area contributed by atoms with Crippen LogP contribution >= 0.6 is 11.3 Å². The van der Waals surface area contributed by atoms with Crippen LogP contribution in [-0.4, -0.2) is 29.3 Å². The van der Waals surface area contributed by atoms with Gasteiger partial charge < -0.3 is 4.90 Å². The molecular formula is C14H15N3OS. The Balaban J connectivity index is 1.88. The van der Waals surface area contributed by atoms with E-state index in [4.69, 9.17) is 0 Å². The predicted octanol–water partition coefficient (Wildman–Crippen LogP) is 3.01. The molecule has 0 amide bonds. The Labute approximate surface area is 116 Å². The minimum Gasteiger partial charge on any atom is -0.357 e. The van der Waals surface area contributed by atoms with Crippen LogP contribution in [0, 0.1) is 0 Å². The molecule has 98 valence electrons. The first-order valence-corrected chi connectivity index (χ1v) is 7.32. The minimum absolute atomic E-state index is 0.709. The van der Waals surface area contributed by atoms with Crippen LogP contribution in [0.25, 0.3) is 10.7 Å². The summed E-state index contributed by atoms with van der Waals surface area (Å²) >= 11 is 1.43. The summed E-state index contributed by atoms with van der Waals surface area (Å²) in [6, 6.07) is 5.68. The van der Waals surface area contributed by atoms with Gasteiger partial charge in [0.15, 0.2) is 12.1 Å². The van der Waals surface area contributed by atoms with Crippen LogP contribution in [0.1, 0.15) is 28.9 Å². The Kier molecular flexibility index (Phi) is 3.55. The highest BCUT2D eigenvalue weighted by atomic mass is 32.1. The molecule has 1 aliphatic heterocycles. The molecule has 2 aromatic heterocycles. The summed E-state index contributed by atoms with van der Waals surface area (Å²) in [4.78, 5) is 23.6. The number of carbonyl (C=O) groups is 1. The molecule has 1 saturated heterocycles. The third-order valence-electron chi connectivity index (χ3n) is 3.28. The van der Waals surface area contributed by atoms with Crippen LogP contribution in [-0.2, 0) is 0 Å². The molecule has 1 fully saturated rings. The first-order chi connectivity index (χ1) is 9.36. The fraction of sp³-hybridized carbons (Fsp3) is 0.357. The van der Waals surface area contributed by atoms with Crippen molar-refractivity contribution in [2.45, 2.75) is 19.3 Å². The minimum atomic E-state index is 0.709. The average Bonchev–Trinajstić information content (AvgIpc) is 2.97. The Bertz CT molecular complexity index is 576. The van der Waals surface area contributed by atoms with E-state index in [2.05, 4.69) is 14.9 Å². The van der Waals surface area contributed by atoms with Crippen LogP contribution in [0.4, 0.5) is 5.82 Å². The van der Waals surface area contributed by atoms with Crippen LogP contribution in [0.5, 0.6) is 0 Å². The number of aromatic nitrogens is 2. The normalized spacial score (nSPS) is 15.5. The van der Waals surface area contributed by atoms with E-state index in [9.17, 15) is 4.79 Å². The Hall–Kier alpha value is -1.75. The fourth-order valence-corrected chi connectivity index (χ4v) is 3.07. The quantitative estimate of drug-likeness (QED) is 0.806. The molecule has 2 aromatic rings. The number of rotatable bonds is 3. The van der Waals surface area contributed by atoms with Crippen LogP contribution in [0.15, 0.2) is 24.4 Å². The van der Waals surface area contributed by atoms with Crippen molar-refractivity contribution >= 4 is 23.4 Å². The number of thiophene rings is 1. The number of aldehydes is 1. The molecule has 4 nitrogen and oxygen atoms in total. The summed E-state index contributed by atoms with van der Waals surface area (Å²) in [5.41, 5.74) is 0. The lowest BCUT2D eigenvalue weighted by atomic mass is 10.1. The summed E-state index contributed by atoms with van der Waals surface area (Å²) in [7, 11) is 0. The Morgan fingerprint density at radius 3 is 2.74 bits per heavy atom. The van der Waals surface area contributed by atoms with Crippen molar-refractivity contribution in [1.29, 1.82) is 0 Å². The topological polar surface area (TPSA) is 46.1 Å². The summed E-state index contributed by atoms with van der Waals surface area (Å²) in [6.45, 7) is 2.14. The molecular weight excluding hydrogens is 258 g/mol. The zero-order valence-corrected chi connectivity index (χ0v) is 11.4. The van der Waals surface area contributed by atoms with E-state index in [0.29, 0.717) is 10.7 Å². The maximum Gasteiger partial charge on any atom is 0.171 e. The van der Waals surface area contributed by atoms with Crippen LogP contribution in [0.3, 0.4) is 0 Å². The maximum atomic E-state index is 10.7. The van der Waals surface area contributed by atoms with E-state index in [0.717, 1.165) is 30.1 Å². The molecule has 1 aliphatic rings. The monoisotopic (exact) mass is 273 g/mol. The van der Waals surface area contributed by atoms with Gasteiger partial charge in [-0.15, -0.1) is 11.3 Å². The molecule has 0 spiro atoms. The third-order valence-corrected chi connectivity index (χ3v) is 4.29. The molecule has 0 radical (unpaired) electrons. The second kappa shape index (κ2) is 5.48. The van der Waals surface area contributed by atoms with Crippen molar-refractivity contribution in [3.05, 3.63) is 29.3 Å². The van der Waals surface area contributed by atoms with Gasteiger partial charge in [0.1, 0.15) is 5.82 Å². The van der Waals surface area contributed by atoms with Gasteiger partial charge in [-0.05, 0) is 37.5 Å². The van der Waals surface area contributed by atoms with Crippen molar-refractivity contribution < 1.29 is 4.79 Å². The fourth-order valence-electron chi connectivity index (χ4n) is 2.30. The van der Waals surface area contributed by atoms with Crippen molar-refractivity contribution in [1.82, 2.24) is 9.97 Å². The molecule has 0 N–H and O–H groups in total. The highest BCUT2D eigenvalue weighted by molar-refractivity contribution is 7.16. The zero-order valence-electron chi connectivity index (χ0n) is 10.6. The van der Waals surface area contributed by atoms with Crippen LogP contribution in [0.2, 0.25) is 0 Å². The van der Waals surface area contributed by atoms with E-state index in [1.165, 1.54) is 30.6 Å². The van der Waals surface area contributed by atoms with E-state index in [1.54, 1.807) is 6.20 Å². The summed E-state index contributed by atoms with van der Waals surface area (Å²) in [5.74, 6) is 1.70. The van der Waals surface area contributed by atoms with Gasteiger partial charge >= 0.3 is 0 Å². The lowest BCUT2D eigenvalue weighted by molar-refractivity contribution is 0.112. The third kappa shape index (κ3) is 2.66. The van der Waals surface area contributed by atoms with Gasteiger partial charge in [-0.3, -0.25) is 4.79 Å². The summed E-state index contributed by atoms with van der Waals surface area (Å²) in [6.07, 6.45) is 6.43. The average molecular weight is 273 g/mol. The Morgan fingerprint density at radius 2 is 2.00 bits per heavy atom. The largest absolute Gasteiger partial charge is 0.357 e. The van der Waals surface area contributed by atoms with Crippen molar-refractivity contribution in [3.8, 4) is 10.7 Å². The highest BCUT2D eigenvalue weighted by Crippen LogP contribution is 2.26. The molecule has 5 heteroatoms. The van der Waals surface area contributed by atoms with Gasteiger partial charge in [-0.2, -0.15) is 0 Å². The number of nitrogens with zero attached hydrogens (tertiary/aromatic N) is 3. The molecule has 0 saturated carbocycles. The molecule has 0 aromatic carbocycles. The van der Waals surface area contributed by atoms with E-state index < -0.39 is 0 Å². The zero-order chi connectivity index (χ0) is 13.1. The lowest BCUT2D eigenvalue weighted by Gasteiger charge is -2.27. The number of anilines is 1. The molecule has 19 heavy (non-hydrogen) atoms. The second-order valence-electron chi connectivity index (χ2n) is 4.61. The van der Waals surface area contributed by atoms with E-state index in [1.807, 2.05) is 18.2 Å². The lowest BCUT2D eigenvalue weighted by Crippen LogP contribution is -2.30. The second-order valence-corrected chi connectivity index (χ2v) is 5.72. The van der Waals surface area contributed by atoms with E-state index in [-0.39, 0.29) is 0 Å². The molecule has 0 bridgehead atoms. The SMILES string of the molecule is O=Cc1ccc(-c2nccc(N3CCCCC3)n2)s1. The first kappa shape index (κ1) is 12.3. The predicted molar refractivity (Wildman–Crippen MR) is 76.8 cm³/mol. The van der Waals surface area contributed by atoms with Gasteiger partial charge in [0.05, 0.1) is 9.75 Å². The maximum absolute atomic E-state index is 10.7. The first-order valence-electron chi connectivity index (χ1n) is 6.50. The van der Waals surface area contributed by atoms with Gasteiger partial charge in [0.25, 0.3) is 0 Å². The number of carbonyl (C=O) groups excluding carboxylic acids is 1. The molecule has 0 unspecified atom stereocenters. The molecule has 0 aliphatic carbocycles. The summed E-state index contributed by atoms with van der Waals surface area (Å²) < 4.78 is 0. The van der Waals surface area contributed by atoms with Crippen LogP contribution < -0.4 is 4.90 Å². The van der Waals surface area contributed by atoms with Gasteiger partial charge in [0.2, 0.25) is 0 Å². The van der Waals surface area contributed by atoms with Crippen molar-refractivity contribution in [3.63, 3.8) is 0 Å². The van der Waals surface area contributed by atoms with Gasteiger partial charge in [0, 0.05) is 19.3 Å². The number of hydrogen-bond donors (Lipinski definition) is 0.